The van der Waals surface area contributed by atoms with Crippen molar-refractivity contribution in [3.8, 4) is 39.1 Å². The number of aromatic nitrogens is 1. The minimum absolute atomic E-state index is 0.124. The highest BCUT2D eigenvalue weighted by molar-refractivity contribution is 7.25. The molecule has 1 nitrogen and oxygen atoms in total. The molecule has 11 aromatic rings. The van der Waals surface area contributed by atoms with Gasteiger partial charge in [-0.05, 0) is 109 Å². The molecule has 0 saturated carbocycles. The molecule has 1 aliphatic carbocycles. The van der Waals surface area contributed by atoms with Gasteiger partial charge in [0, 0.05) is 42.6 Å². The number of thiophene rings is 1. The maximum absolute atomic E-state index is 2.47. The Morgan fingerprint density at radius 1 is 0.327 bits per heavy atom. The predicted octanol–water partition coefficient (Wildman–Crippen LogP) is 14.8. The van der Waals surface area contributed by atoms with E-state index in [0.29, 0.717) is 0 Å². The highest BCUT2D eigenvalue weighted by Gasteiger charge is 2.31. The lowest BCUT2D eigenvalue weighted by atomic mass is 9.83. The van der Waals surface area contributed by atoms with Crippen LogP contribution in [0.4, 0.5) is 0 Å². The first-order chi connectivity index (χ1) is 27.3. The smallest absolute Gasteiger partial charge is 0.0541 e. The van der Waals surface area contributed by atoms with Gasteiger partial charge in [0.1, 0.15) is 0 Å². The van der Waals surface area contributed by atoms with Gasteiger partial charge in [-0.2, -0.15) is 0 Å². The average Bonchev–Trinajstić information content (AvgIpc) is 3.90. The molecule has 0 spiro atoms. The van der Waals surface area contributed by atoms with E-state index in [1.165, 1.54) is 109 Å². The second-order valence-electron chi connectivity index (χ2n) is 14.8. The second kappa shape index (κ2) is 11.9. The van der Waals surface area contributed by atoms with E-state index < -0.39 is 0 Å². The zero-order chi connectivity index (χ0) is 36.0. The molecule has 0 fully saturated rings. The SMILES string of the molecule is c1ccc(-n2c3ccccc3c3cc(-c4ccc5c(c4)C(c4ccc(-c6ccc7c(c6)sc6ccccc67)c6ccccc46)c4ccccc4-5)ccc32)cc1. The predicted molar refractivity (Wildman–Crippen MR) is 235 cm³/mol. The molecule has 256 valence electrons. The molecule has 2 aromatic heterocycles. The van der Waals surface area contributed by atoms with E-state index in [1.807, 2.05) is 11.3 Å². The quantitative estimate of drug-likeness (QED) is 0.171. The summed E-state index contributed by atoms with van der Waals surface area (Å²) in [5.74, 6) is 0.124. The number of benzene rings is 9. The van der Waals surface area contributed by atoms with Crippen LogP contribution in [0.15, 0.2) is 194 Å². The molecular formula is C53H33NS. The van der Waals surface area contributed by atoms with Gasteiger partial charge in [0.05, 0.1) is 11.0 Å². The van der Waals surface area contributed by atoms with Gasteiger partial charge in [-0.1, -0.05) is 146 Å². The normalized spacial score (nSPS) is 13.6. The average molecular weight is 716 g/mol. The van der Waals surface area contributed by atoms with Gasteiger partial charge < -0.3 is 4.57 Å². The van der Waals surface area contributed by atoms with E-state index in [4.69, 9.17) is 0 Å². The number of para-hydroxylation sites is 2. The van der Waals surface area contributed by atoms with Crippen molar-refractivity contribution in [2.24, 2.45) is 0 Å². The van der Waals surface area contributed by atoms with Gasteiger partial charge >= 0.3 is 0 Å². The van der Waals surface area contributed by atoms with E-state index >= 15 is 0 Å². The van der Waals surface area contributed by atoms with Crippen molar-refractivity contribution in [2.75, 3.05) is 0 Å². The van der Waals surface area contributed by atoms with Gasteiger partial charge in [-0.3, -0.25) is 0 Å². The minimum atomic E-state index is 0.124. The Morgan fingerprint density at radius 3 is 1.87 bits per heavy atom. The topological polar surface area (TPSA) is 4.93 Å². The van der Waals surface area contributed by atoms with Crippen molar-refractivity contribution in [3.63, 3.8) is 0 Å². The maximum Gasteiger partial charge on any atom is 0.0541 e. The molecule has 0 saturated heterocycles. The lowest BCUT2D eigenvalue weighted by Crippen LogP contribution is -2.01. The first-order valence-corrected chi connectivity index (χ1v) is 19.9. The van der Waals surface area contributed by atoms with Crippen molar-refractivity contribution >= 4 is 64.1 Å². The lowest BCUT2D eigenvalue weighted by Gasteiger charge is -2.19. The first-order valence-electron chi connectivity index (χ1n) is 19.0. The Labute approximate surface area is 323 Å². The van der Waals surface area contributed by atoms with E-state index in [2.05, 4.69) is 199 Å². The summed E-state index contributed by atoms with van der Waals surface area (Å²) < 4.78 is 5.06. The zero-order valence-electron chi connectivity index (χ0n) is 29.9. The van der Waals surface area contributed by atoms with Crippen molar-refractivity contribution in [2.45, 2.75) is 5.92 Å². The van der Waals surface area contributed by atoms with Crippen LogP contribution in [-0.2, 0) is 0 Å². The lowest BCUT2D eigenvalue weighted by molar-refractivity contribution is 1.03. The molecule has 0 N–H and O–H groups in total. The monoisotopic (exact) mass is 715 g/mol. The molecule has 2 heteroatoms. The van der Waals surface area contributed by atoms with Crippen LogP contribution in [0, 0.1) is 0 Å². The zero-order valence-corrected chi connectivity index (χ0v) is 30.7. The maximum atomic E-state index is 2.47. The van der Waals surface area contributed by atoms with Gasteiger partial charge in [0.15, 0.2) is 0 Å². The van der Waals surface area contributed by atoms with Crippen LogP contribution in [0.2, 0.25) is 0 Å². The summed E-state index contributed by atoms with van der Waals surface area (Å²) in [6.45, 7) is 0. The highest BCUT2D eigenvalue weighted by Crippen LogP contribution is 2.51. The van der Waals surface area contributed by atoms with Crippen LogP contribution < -0.4 is 0 Å². The molecule has 1 atom stereocenters. The Bertz CT molecular complexity index is 3330. The summed E-state index contributed by atoms with van der Waals surface area (Å²) in [5.41, 5.74) is 15.4. The van der Waals surface area contributed by atoms with Gasteiger partial charge in [0.25, 0.3) is 0 Å². The third kappa shape index (κ3) is 4.59. The standard InChI is InChI=1S/C53H33NS/c1-2-12-36(13-3-1)54-49-20-10-8-17-42(49)47-30-34(24-29-50(47)54)33-22-25-41-40-16-6-7-19-45(40)53(48(41)31-33)46-28-27-37(38-14-4-5-15-39(38)46)35-23-26-44-43-18-9-11-21-51(43)55-52(44)32-35/h1-32,53H. The Kier molecular flexibility index (Phi) is 6.63. The van der Waals surface area contributed by atoms with E-state index in [-0.39, 0.29) is 5.92 Å². The molecule has 55 heavy (non-hydrogen) atoms. The van der Waals surface area contributed by atoms with Crippen molar-refractivity contribution < 1.29 is 0 Å². The van der Waals surface area contributed by atoms with E-state index in [9.17, 15) is 0 Å². The first kappa shape index (κ1) is 30.7. The molecule has 1 unspecified atom stereocenters. The van der Waals surface area contributed by atoms with Crippen LogP contribution in [0.25, 0.3) is 91.8 Å². The van der Waals surface area contributed by atoms with Crippen LogP contribution in [-0.4, -0.2) is 4.57 Å². The molecule has 9 aromatic carbocycles. The highest BCUT2D eigenvalue weighted by atomic mass is 32.1. The second-order valence-corrected chi connectivity index (χ2v) is 15.9. The molecule has 0 amide bonds. The van der Waals surface area contributed by atoms with Crippen LogP contribution in [0.5, 0.6) is 0 Å². The summed E-state index contributed by atoms with van der Waals surface area (Å²) in [4.78, 5) is 0. The Hall–Kier alpha value is -6.74. The third-order valence-electron chi connectivity index (χ3n) is 11.9. The van der Waals surface area contributed by atoms with E-state index in [0.717, 1.165) is 0 Å². The third-order valence-corrected chi connectivity index (χ3v) is 13.0. The molecule has 0 bridgehead atoms. The number of rotatable bonds is 4. The van der Waals surface area contributed by atoms with Crippen molar-refractivity contribution in [3.05, 3.63) is 211 Å². The summed E-state index contributed by atoms with van der Waals surface area (Å²) in [5, 5.41) is 7.82. The van der Waals surface area contributed by atoms with Gasteiger partial charge in [0.2, 0.25) is 0 Å². The number of hydrogen-bond acceptors (Lipinski definition) is 1. The molecule has 12 rings (SSSR count). The van der Waals surface area contributed by atoms with Crippen molar-refractivity contribution in [1.82, 2.24) is 4.57 Å². The molecule has 0 aliphatic heterocycles. The number of nitrogens with zero attached hydrogens (tertiary/aromatic N) is 1. The van der Waals surface area contributed by atoms with Crippen LogP contribution in [0.1, 0.15) is 22.6 Å². The largest absolute Gasteiger partial charge is 0.309 e. The van der Waals surface area contributed by atoms with Crippen molar-refractivity contribution in [1.29, 1.82) is 0 Å². The fourth-order valence-corrected chi connectivity index (χ4v) is 10.6. The summed E-state index contributed by atoms with van der Waals surface area (Å²) in [6.07, 6.45) is 0. The molecular weight excluding hydrogens is 683 g/mol. The molecule has 1 aliphatic rings. The number of fused-ring (bicyclic) bond motifs is 10. The van der Waals surface area contributed by atoms with E-state index in [1.54, 1.807) is 0 Å². The Morgan fingerprint density at radius 2 is 0.964 bits per heavy atom. The minimum Gasteiger partial charge on any atom is -0.309 e. The van der Waals surface area contributed by atoms with Gasteiger partial charge in [-0.15, -0.1) is 11.3 Å². The fourth-order valence-electron chi connectivity index (χ4n) is 9.45. The summed E-state index contributed by atoms with van der Waals surface area (Å²) >= 11 is 1.88. The number of hydrogen-bond donors (Lipinski definition) is 0. The van der Waals surface area contributed by atoms with Crippen LogP contribution >= 0.6 is 11.3 Å². The summed E-state index contributed by atoms with van der Waals surface area (Å²) in [6, 6.07) is 72.2. The van der Waals surface area contributed by atoms with Crippen LogP contribution in [0.3, 0.4) is 0 Å². The summed E-state index contributed by atoms with van der Waals surface area (Å²) in [7, 11) is 0. The fraction of sp³-hybridized carbons (Fsp3) is 0.0189. The Balaban J connectivity index is 1.01. The molecule has 0 radical (unpaired) electrons. The van der Waals surface area contributed by atoms with Gasteiger partial charge in [-0.25, -0.2) is 0 Å². The molecule has 2 heterocycles.